The molecule has 1 aromatic carbocycles. The minimum Gasteiger partial charge on any atom is -0.367 e. The molecule has 1 amide bonds. The zero-order valence-corrected chi connectivity index (χ0v) is 12.0. The van der Waals surface area contributed by atoms with Crippen molar-refractivity contribution in [2.75, 3.05) is 10.6 Å². The highest BCUT2D eigenvalue weighted by Crippen LogP contribution is 2.36. The van der Waals surface area contributed by atoms with Gasteiger partial charge in [0.05, 0.1) is 5.69 Å². The van der Waals surface area contributed by atoms with E-state index in [-0.39, 0.29) is 5.91 Å². The number of anilines is 2. The van der Waals surface area contributed by atoms with Crippen LogP contribution >= 0.6 is 27.5 Å². The van der Waals surface area contributed by atoms with Crippen LogP contribution in [0, 0.1) is 0 Å². The lowest BCUT2D eigenvalue weighted by atomic mass is 10.1. The Morgan fingerprint density at radius 2 is 2.21 bits per heavy atom. The molecular weight excluding hydrogens is 330 g/mol. The zero-order valence-electron chi connectivity index (χ0n) is 9.65. The lowest BCUT2D eigenvalue weighted by Crippen LogP contribution is -2.19. The molecule has 1 unspecified atom stereocenters. The summed E-state index contributed by atoms with van der Waals surface area (Å²) in [7, 11) is 0. The molecule has 2 aromatic rings. The Balaban J connectivity index is 1.97. The van der Waals surface area contributed by atoms with Gasteiger partial charge >= 0.3 is 0 Å². The lowest BCUT2D eigenvalue weighted by Gasteiger charge is -2.13. The third-order valence-corrected chi connectivity index (χ3v) is 3.70. The third-order valence-electron chi connectivity index (χ3n) is 2.90. The van der Waals surface area contributed by atoms with Crippen LogP contribution in [0.1, 0.15) is 11.6 Å². The van der Waals surface area contributed by atoms with Gasteiger partial charge < -0.3 is 10.6 Å². The van der Waals surface area contributed by atoms with Crippen molar-refractivity contribution in [3.63, 3.8) is 0 Å². The summed E-state index contributed by atoms with van der Waals surface area (Å²) in [6.45, 7) is 0. The number of carbonyl (C=O) groups is 1. The Labute approximate surface area is 123 Å². The number of halogens is 2. The highest BCUT2D eigenvalue weighted by atomic mass is 79.9. The normalized spacial score (nSPS) is 16.9. The minimum atomic E-state index is -0.464. The fraction of sp³-hybridized carbons (Fsp3) is 0.0769. The van der Waals surface area contributed by atoms with Crippen LogP contribution < -0.4 is 10.6 Å². The van der Waals surface area contributed by atoms with Crippen molar-refractivity contribution >= 4 is 44.8 Å². The van der Waals surface area contributed by atoms with Gasteiger partial charge in [0.25, 0.3) is 5.91 Å². The Hall–Kier alpha value is -1.59. The summed E-state index contributed by atoms with van der Waals surface area (Å²) in [4.78, 5) is 16.0. The van der Waals surface area contributed by atoms with Crippen LogP contribution in [0.4, 0.5) is 11.4 Å². The molecule has 0 saturated carbocycles. The topological polar surface area (TPSA) is 54.0 Å². The fourth-order valence-electron chi connectivity index (χ4n) is 2.02. The molecule has 3 rings (SSSR count). The second kappa shape index (κ2) is 4.83. The number of hydrogen-bond acceptors (Lipinski definition) is 3. The Morgan fingerprint density at radius 3 is 3.00 bits per heavy atom. The number of benzene rings is 1. The molecule has 0 saturated heterocycles. The van der Waals surface area contributed by atoms with Crippen molar-refractivity contribution in [1.29, 1.82) is 0 Å². The third kappa shape index (κ3) is 2.31. The quantitative estimate of drug-likeness (QED) is 0.823. The van der Waals surface area contributed by atoms with Crippen LogP contribution in [0.2, 0.25) is 5.15 Å². The first kappa shape index (κ1) is 12.4. The molecule has 1 atom stereocenters. The van der Waals surface area contributed by atoms with E-state index in [2.05, 4.69) is 31.5 Å². The smallest absolute Gasteiger partial charge is 0.251 e. The van der Waals surface area contributed by atoms with Crippen molar-refractivity contribution in [1.82, 2.24) is 4.98 Å². The molecule has 2 heterocycles. The van der Waals surface area contributed by atoms with Crippen molar-refractivity contribution in [2.24, 2.45) is 0 Å². The molecule has 1 aliphatic heterocycles. The van der Waals surface area contributed by atoms with E-state index in [1.807, 2.05) is 18.2 Å². The highest BCUT2D eigenvalue weighted by molar-refractivity contribution is 9.10. The van der Waals surface area contributed by atoms with Gasteiger partial charge in [-0.15, -0.1) is 0 Å². The lowest BCUT2D eigenvalue weighted by molar-refractivity contribution is -0.116. The molecule has 96 valence electrons. The summed E-state index contributed by atoms with van der Waals surface area (Å²) in [5.74, 6) is -0.104. The fourth-order valence-corrected chi connectivity index (χ4v) is 2.58. The predicted molar refractivity (Wildman–Crippen MR) is 78.4 cm³/mol. The van der Waals surface area contributed by atoms with E-state index in [0.717, 1.165) is 15.7 Å². The summed E-state index contributed by atoms with van der Waals surface area (Å²) < 4.78 is 0.923. The molecule has 1 aromatic heterocycles. The summed E-state index contributed by atoms with van der Waals surface area (Å²) in [5, 5.41) is 6.29. The summed E-state index contributed by atoms with van der Waals surface area (Å²) in [6, 6.07) is 8.76. The molecule has 0 spiro atoms. The van der Waals surface area contributed by atoms with E-state index >= 15 is 0 Å². The molecule has 0 radical (unpaired) electrons. The second-order valence-corrected chi connectivity index (χ2v) is 5.41. The standard InChI is InChI=1S/C13H9BrClN3O/c14-7-3-4-9-8(6-7)11(13(19)18-9)17-10-2-1-5-16-12(10)15/h1-6,11,17H,(H,18,19). The van der Waals surface area contributed by atoms with E-state index in [1.54, 1.807) is 18.3 Å². The van der Waals surface area contributed by atoms with E-state index in [4.69, 9.17) is 11.6 Å². The van der Waals surface area contributed by atoms with E-state index in [9.17, 15) is 4.79 Å². The summed E-state index contributed by atoms with van der Waals surface area (Å²) in [5.41, 5.74) is 2.34. The largest absolute Gasteiger partial charge is 0.367 e. The number of carbonyl (C=O) groups excluding carboxylic acids is 1. The van der Waals surface area contributed by atoms with Crippen molar-refractivity contribution < 1.29 is 4.79 Å². The number of nitrogens with one attached hydrogen (secondary N) is 2. The van der Waals surface area contributed by atoms with Crippen LogP contribution in [0.25, 0.3) is 0 Å². The van der Waals surface area contributed by atoms with Gasteiger partial charge in [0.15, 0.2) is 5.15 Å². The zero-order chi connectivity index (χ0) is 13.4. The highest BCUT2D eigenvalue weighted by Gasteiger charge is 2.30. The van der Waals surface area contributed by atoms with Gasteiger partial charge in [-0.25, -0.2) is 4.98 Å². The molecular formula is C13H9BrClN3O. The number of fused-ring (bicyclic) bond motifs is 1. The number of rotatable bonds is 2. The number of nitrogens with zero attached hydrogens (tertiary/aromatic N) is 1. The van der Waals surface area contributed by atoms with Gasteiger partial charge in [-0.05, 0) is 30.3 Å². The van der Waals surface area contributed by atoms with Gasteiger partial charge in [-0.2, -0.15) is 0 Å². The monoisotopic (exact) mass is 337 g/mol. The van der Waals surface area contributed by atoms with Gasteiger partial charge in [-0.3, -0.25) is 4.79 Å². The number of hydrogen-bond donors (Lipinski definition) is 2. The molecule has 2 N–H and O–H groups in total. The second-order valence-electron chi connectivity index (χ2n) is 4.14. The van der Waals surface area contributed by atoms with Crippen LogP contribution in [-0.4, -0.2) is 10.9 Å². The number of aromatic nitrogens is 1. The predicted octanol–water partition coefficient (Wildman–Crippen LogP) is 3.60. The number of amides is 1. The molecule has 1 aliphatic rings. The number of pyridine rings is 1. The van der Waals surface area contributed by atoms with Gasteiger partial charge in [0.2, 0.25) is 0 Å². The first-order chi connectivity index (χ1) is 9.15. The maximum Gasteiger partial charge on any atom is 0.251 e. The Bertz CT molecular complexity index is 662. The van der Waals surface area contributed by atoms with Gasteiger partial charge in [0, 0.05) is 21.9 Å². The molecule has 19 heavy (non-hydrogen) atoms. The van der Waals surface area contributed by atoms with Gasteiger partial charge in [-0.1, -0.05) is 27.5 Å². The Kier molecular flexibility index (Phi) is 3.16. The first-order valence-corrected chi connectivity index (χ1v) is 6.79. The summed E-state index contributed by atoms with van der Waals surface area (Å²) >= 11 is 9.40. The molecule has 6 heteroatoms. The Morgan fingerprint density at radius 1 is 1.37 bits per heavy atom. The van der Waals surface area contributed by atoms with Crippen LogP contribution in [0.5, 0.6) is 0 Å². The average Bonchev–Trinajstić information content (AvgIpc) is 2.69. The van der Waals surface area contributed by atoms with Crippen molar-refractivity contribution in [3.05, 3.63) is 51.7 Å². The van der Waals surface area contributed by atoms with Crippen LogP contribution in [-0.2, 0) is 4.79 Å². The molecule has 0 fully saturated rings. The molecule has 0 bridgehead atoms. The first-order valence-electron chi connectivity index (χ1n) is 5.62. The minimum absolute atomic E-state index is 0.104. The van der Waals surface area contributed by atoms with Crippen molar-refractivity contribution in [2.45, 2.75) is 6.04 Å². The van der Waals surface area contributed by atoms with Crippen molar-refractivity contribution in [3.8, 4) is 0 Å². The van der Waals surface area contributed by atoms with Gasteiger partial charge in [0.1, 0.15) is 6.04 Å². The SMILES string of the molecule is O=C1Nc2ccc(Br)cc2C1Nc1cccnc1Cl. The maximum atomic E-state index is 12.0. The van der Waals surface area contributed by atoms with E-state index in [1.165, 1.54) is 0 Å². The van der Waals surface area contributed by atoms with Crippen LogP contribution in [0.3, 0.4) is 0 Å². The average molecular weight is 339 g/mol. The van der Waals surface area contributed by atoms with E-state index in [0.29, 0.717) is 10.8 Å². The summed E-state index contributed by atoms with van der Waals surface area (Å²) in [6.07, 6.45) is 1.60. The molecule has 4 nitrogen and oxygen atoms in total. The van der Waals surface area contributed by atoms with Crippen LogP contribution in [0.15, 0.2) is 41.0 Å². The van der Waals surface area contributed by atoms with E-state index < -0.39 is 6.04 Å². The maximum absolute atomic E-state index is 12.0. The molecule has 0 aliphatic carbocycles.